The average molecular weight is 220 g/mol. The van der Waals surface area contributed by atoms with Gasteiger partial charge in [-0.05, 0) is 18.6 Å². The molecule has 2 heteroatoms. The van der Waals surface area contributed by atoms with Crippen molar-refractivity contribution in [1.29, 1.82) is 0 Å². The minimum atomic E-state index is 0.660. The smallest absolute Gasteiger partial charge is 0.0772 e. The zero-order chi connectivity index (χ0) is 10.9. The molecule has 0 saturated heterocycles. The Labute approximate surface area is 95.8 Å². The van der Waals surface area contributed by atoms with Crippen molar-refractivity contribution in [2.45, 2.75) is 11.3 Å². The summed E-state index contributed by atoms with van der Waals surface area (Å²) >= 11 is 1.74. The van der Waals surface area contributed by atoms with E-state index >= 15 is 0 Å². The van der Waals surface area contributed by atoms with Crippen molar-refractivity contribution in [2.75, 3.05) is 13.7 Å². The Balaban J connectivity index is 2.62. The van der Waals surface area contributed by atoms with Crippen molar-refractivity contribution in [3.63, 3.8) is 0 Å². The number of benzene rings is 1. The largest absolute Gasteiger partial charge is 0.379 e. The highest BCUT2D eigenvalue weighted by Crippen LogP contribution is 2.26. The molecule has 15 heavy (non-hydrogen) atoms. The third kappa shape index (κ3) is 4.86. The Hall–Kier alpha value is -0.990. The van der Waals surface area contributed by atoms with Crippen molar-refractivity contribution in [1.82, 2.24) is 0 Å². The number of allylic oxidation sites excluding steroid dienone is 2. The Bertz CT molecular complexity index is 317. The molecule has 0 aliphatic rings. The molecule has 0 bridgehead atoms. The van der Waals surface area contributed by atoms with Gasteiger partial charge in [0.1, 0.15) is 0 Å². The maximum atomic E-state index is 5.15. The molecule has 1 nitrogen and oxygen atoms in total. The molecule has 0 radical (unpaired) electrons. The van der Waals surface area contributed by atoms with Crippen LogP contribution in [0.25, 0.3) is 0 Å². The maximum Gasteiger partial charge on any atom is 0.0772 e. The maximum absolute atomic E-state index is 5.15. The fourth-order valence-corrected chi connectivity index (χ4v) is 2.08. The SMILES string of the molecule is C=CC/C=C(/COC)Sc1ccccc1. The molecule has 1 aromatic rings. The van der Waals surface area contributed by atoms with Gasteiger partial charge >= 0.3 is 0 Å². The molecule has 0 amide bonds. The van der Waals surface area contributed by atoms with E-state index in [2.05, 4.69) is 24.8 Å². The summed E-state index contributed by atoms with van der Waals surface area (Å²) in [5, 5.41) is 0. The number of hydrogen-bond acceptors (Lipinski definition) is 2. The molecule has 0 aliphatic heterocycles. The van der Waals surface area contributed by atoms with Crippen LogP contribution in [0, 0.1) is 0 Å². The highest BCUT2D eigenvalue weighted by Gasteiger charge is 1.99. The van der Waals surface area contributed by atoms with E-state index in [1.807, 2.05) is 24.3 Å². The minimum Gasteiger partial charge on any atom is -0.379 e. The van der Waals surface area contributed by atoms with Crippen LogP contribution in [0.3, 0.4) is 0 Å². The number of ether oxygens (including phenoxy) is 1. The lowest BCUT2D eigenvalue weighted by atomic mass is 10.4. The lowest BCUT2D eigenvalue weighted by Gasteiger charge is -2.05. The van der Waals surface area contributed by atoms with Crippen molar-refractivity contribution in [3.05, 3.63) is 54.0 Å². The van der Waals surface area contributed by atoms with Crippen molar-refractivity contribution in [2.24, 2.45) is 0 Å². The van der Waals surface area contributed by atoms with Gasteiger partial charge in [0, 0.05) is 16.9 Å². The number of hydrogen-bond donors (Lipinski definition) is 0. The van der Waals surface area contributed by atoms with E-state index in [1.54, 1.807) is 18.9 Å². The average Bonchev–Trinajstić information content (AvgIpc) is 2.28. The van der Waals surface area contributed by atoms with Gasteiger partial charge in [-0.1, -0.05) is 42.1 Å². The molecular weight excluding hydrogens is 204 g/mol. The van der Waals surface area contributed by atoms with Gasteiger partial charge in [-0.2, -0.15) is 0 Å². The lowest BCUT2D eigenvalue weighted by Crippen LogP contribution is -1.90. The summed E-state index contributed by atoms with van der Waals surface area (Å²) in [6, 6.07) is 10.3. The van der Waals surface area contributed by atoms with Crippen molar-refractivity contribution < 1.29 is 4.74 Å². The van der Waals surface area contributed by atoms with E-state index in [1.165, 1.54) is 9.80 Å². The highest BCUT2D eigenvalue weighted by atomic mass is 32.2. The van der Waals surface area contributed by atoms with E-state index < -0.39 is 0 Å². The van der Waals surface area contributed by atoms with E-state index in [0.29, 0.717) is 6.61 Å². The summed E-state index contributed by atoms with van der Waals surface area (Å²) in [6.45, 7) is 4.37. The molecule has 0 heterocycles. The van der Waals surface area contributed by atoms with Gasteiger partial charge < -0.3 is 4.74 Å². The monoisotopic (exact) mass is 220 g/mol. The zero-order valence-electron chi connectivity index (χ0n) is 8.98. The van der Waals surface area contributed by atoms with Crippen LogP contribution >= 0.6 is 11.8 Å². The molecule has 1 rings (SSSR count). The van der Waals surface area contributed by atoms with Gasteiger partial charge in [-0.3, -0.25) is 0 Å². The van der Waals surface area contributed by atoms with Crippen LogP contribution in [0.5, 0.6) is 0 Å². The molecule has 0 saturated carbocycles. The Morgan fingerprint density at radius 3 is 2.73 bits per heavy atom. The molecule has 0 spiro atoms. The minimum absolute atomic E-state index is 0.660. The van der Waals surface area contributed by atoms with Crippen LogP contribution in [-0.4, -0.2) is 13.7 Å². The summed E-state index contributed by atoms with van der Waals surface area (Å²) in [6.07, 6.45) is 4.92. The molecule has 0 N–H and O–H groups in total. The summed E-state index contributed by atoms with van der Waals surface area (Å²) in [4.78, 5) is 2.47. The summed E-state index contributed by atoms with van der Waals surface area (Å²) in [5.41, 5.74) is 0. The molecule has 0 atom stereocenters. The van der Waals surface area contributed by atoms with Crippen LogP contribution in [0.15, 0.2) is 58.9 Å². The molecule has 0 aliphatic carbocycles. The van der Waals surface area contributed by atoms with Crippen LogP contribution in [-0.2, 0) is 4.74 Å². The normalized spacial score (nSPS) is 11.4. The van der Waals surface area contributed by atoms with E-state index in [9.17, 15) is 0 Å². The van der Waals surface area contributed by atoms with Gasteiger partial charge in [0.25, 0.3) is 0 Å². The lowest BCUT2D eigenvalue weighted by molar-refractivity contribution is 0.231. The third-order valence-electron chi connectivity index (χ3n) is 1.79. The van der Waals surface area contributed by atoms with E-state index in [4.69, 9.17) is 4.74 Å². The van der Waals surface area contributed by atoms with Gasteiger partial charge in [-0.15, -0.1) is 6.58 Å². The van der Waals surface area contributed by atoms with Crippen molar-refractivity contribution in [3.8, 4) is 0 Å². The van der Waals surface area contributed by atoms with Gasteiger partial charge in [0.05, 0.1) is 6.61 Å². The van der Waals surface area contributed by atoms with Crippen LogP contribution in [0.2, 0.25) is 0 Å². The molecule has 0 fully saturated rings. The summed E-state index contributed by atoms with van der Waals surface area (Å²) in [5.74, 6) is 0. The van der Waals surface area contributed by atoms with E-state index in [-0.39, 0.29) is 0 Å². The molecule has 1 aromatic carbocycles. The fourth-order valence-electron chi connectivity index (χ4n) is 1.13. The number of thioether (sulfide) groups is 1. The quantitative estimate of drug-likeness (QED) is 0.531. The number of rotatable bonds is 6. The van der Waals surface area contributed by atoms with Crippen LogP contribution in [0.4, 0.5) is 0 Å². The fraction of sp³-hybridized carbons (Fsp3) is 0.231. The van der Waals surface area contributed by atoms with Crippen molar-refractivity contribution >= 4 is 11.8 Å². The molecule has 0 aromatic heterocycles. The van der Waals surface area contributed by atoms with Crippen LogP contribution in [0.1, 0.15) is 6.42 Å². The van der Waals surface area contributed by atoms with E-state index in [0.717, 1.165) is 6.42 Å². The Kier molecular flexibility index (Phi) is 5.90. The predicted molar refractivity (Wildman–Crippen MR) is 67.1 cm³/mol. The predicted octanol–water partition coefficient (Wildman–Crippen LogP) is 3.89. The number of methoxy groups -OCH3 is 1. The van der Waals surface area contributed by atoms with Gasteiger partial charge in [-0.25, -0.2) is 0 Å². The molecular formula is C13H16OS. The first-order valence-corrected chi connectivity index (χ1v) is 5.70. The highest BCUT2D eigenvalue weighted by molar-refractivity contribution is 8.03. The van der Waals surface area contributed by atoms with Crippen LogP contribution < -0.4 is 0 Å². The third-order valence-corrected chi connectivity index (χ3v) is 2.85. The zero-order valence-corrected chi connectivity index (χ0v) is 9.80. The first-order chi connectivity index (χ1) is 7.36. The molecule has 0 unspecified atom stereocenters. The van der Waals surface area contributed by atoms with Gasteiger partial charge in [0.15, 0.2) is 0 Å². The summed E-state index contributed by atoms with van der Waals surface area (Å²) < 4.78 is 5.15. The van der Waals surface area contributed by atoms with Gasteiger partial charge in [0.2, 0.25) is 0 Å². The Morgan fingerprint density at radius 1 is 1.40 bits per heavy atom. The second kappa shape index (κ2) is 7.32. The topological polar surface area (TPSA) is 9.23 Å². The first-order valence-electron chi connectivity index (χ1n) is 4.88. The Morgan fingerprint density at radius 2 is 2.13 bits per heavy atom. The summed E-state index contributed by atoms with van der Waals surface area (Å²) in [7, 11) is 1.72. The standard InChI is InChI=1S/C13H16OS/c1-3-4-8-13(11-14-2)15-12-9-6-5-7-10-12/h3,5-10H,1,4,11H2,2H3/b13-8-. The second-order valence-corrected chi connectivity index (χ2v) is 4.24. The second-order valence-electron chi connectivity index (χ2n) is 3.04. The molecule has 80 valence electrons. The first kappa shape index (κ1) is 12.1.